The predicted octanol–water partition coefficient (Wildman–Crippen LogP) is 3.66. The van der Waals surface area contributed by atoms with Crippen LogP contribution in [0.4, 0.5) is 0 Å². The highest BCUT2D eigenvalue weighted by molar-refractivity contribution is 14.0. The van der Waals surface area contributed by atoms with Gasteiger partial charge in [0.2, 0.25) is 0 Å². The molecule has 0 amide bonds. The van der Waals surface area contributed by atoms with Gasteiger partial charge < -0.3 is 29.7 Å². The summed E-state index contributed by atoms with van der Waals surface area (Å²) in [5.74, 6) is 2.38. The zero-order chi connectivity index (χ0) is 21.8. The average molecular weight is 549 g/mol. The number of rotatable bonds is 11. The number of likely N-dealkylation sites (tertiary alicyclic amines) is 1. The van der Waals surface area contributed by atoms with E-state index in [0.717, 1.165) is 68.6 Å². The van der Waals surface area contributed by atoms with Crippen LogP contribution < -0.4 is 20.1 Å². The predicted molar refractivity (Wildman–Crippen MR) is 138 cm³/mol. The Morgan fingerprint density at radius 2 is 1.94 bits per heavy atom. The van der Waals surface area contributed by atoms with E-state index in [1.165, 1.54) is 0 Å². The molecule has 1 fully saturated rings. The summed E-state index contributed by atoms with van der Waals surface area (Å²) in [5, 5.41) is 6.98. The molecule has 8 heteroatoms. The molecule has 0 bridgehead atoms. The molecule has 1 saturated heterocycles. The molecule has 178 valence electrons. The van der Waals surface area contributed by atoms with Gasteiger partial charge in [0.1, 0.15) is 0 Å². The van der Waals surface area contributed by atoms with Gasteiger partial charge in [0, 0.05) is 32.2 Å². The number of halogens is 1. The number of ether oxygens (including phenoxy) is 3. The van der Waals surface area contributed by atoms with Crippen molar-refractivity contribution in [2.75, 3.05) is 46.5 Å². The third kappa shape index (κ3) is 10.3. The van der Waals surface area contributed by atoms with Crippen molar-refractivity contribution in [2.24, 2.45) is 4.99 Å². The van der Waals surface area contributed by atoms with Crippen LogP contribution in [0.2, 0.25) is 0 Å². The Bertz CT molecular complexity index is 650. The van der Waals surface area contributed by atoms with Crippen molar-refractivity contribution in [2.45, 2.75) is 59.2 Å². The number of benzene rings is 1. The smallest absolute Gasteiger partial charge is 0.191 e. The Morgan fingerprint density at radius 3 is 2.55 bits per heavy atom. The quantitative estimate of drug-likeness (QED) is 0.250. The highest BCUT2D eigenvalue weighted by atomic mass is 127. The van der Waals surface area contributed by atoms with Gasteiger partial charge in [0.25, 0.3) is 0 Å². The van der Waals surface area contributed by atoms with E-state index in [-0.39, 0.29) is 24.0 Å². The zero-order valence-corrected chi connectivity index (χ0v) is 22.1. The van der Waals surface area contributed by atoms with E-state index in [1.807, 2.05) is 25.1 Å². The molecule has 2 rings (SSSR count). The molecule has 1 heterocycles. The Kier molecular flexibility index (Phi) is 13.9. The SMILES string of the molecule is CCNC(=NCc1ccc(OC)c(OCC)c1)NC1CCN(CCOC(C)C)CC1.I. The maximum absolute atomic E-state index is 5.68. The molecule has 0 unspecified atom stereocenters. The Balaban J connectivity index is 0.00000480. The maximum Gasteiger partial charge on any atom is 0.191 e. The third-order valence-electron chi connectivity index (χ3n) is 5.08. The minimum Gasteiger partial charge on any atom is -0.493 e. The minimum atomic E-state index is 0. The molecule has 0 saturated carbocycles. The second-order valence-corrected chi connectivity index (χ2v) is 7.79. The lowest BCUT2D eigenvalue weighted by atomic mass is 10.1. The van der Waals surface area contributed by atoms with Crippen LogP contribution in [-0.4, -0.2) is 69.5 Å². The van der Waals surface area contributed by atoms with Gasteiger partial charge in [0.05, 0.1) is 33.0 Å². The lowest BCUT2D eigenvalue weighted by Crippen LogP contribution is -2.49. The summed E-state index contributed by atoms with van der Waals surface area (Å²) in [5.41, 5.74) is 1.09. The van der Waals surface area contributed by atoms with Crippen LogP contribution in [0.25, 0.3) is 0 Å². The fourth-order valence-corrected chi connectivity index (χ4v) is 3.49. The fourth-order valence-electron chi connectivity index (χ4n) is 3.49. The number of hydrogen-bond donors (Lipinski definition) is 2. The van der Waals surface area contributed by atoms with E-state index in [4.69, 9.17) is 19.2 Å². The summed E-state index contributed by atoms with van der Waals surface area (Å²) >= 11 is 0. The summed E-state index contributed by atoms with van der Waals surface area (Å²) in [6.45, 7) is 14.3. The second-order valence-electron chi connectivity index (χ2n) is 7.79. The van der Waals surface area contributed by atoms with Crippen LogP contribution in [0.5, 0.6) is 11.5 Å². The van der Waals surface area contributed by atoms with E-state index >= 15 is 0 Å². The first kappa shape index (κ1) is 27.8. The maximum atomic E-state index is 5.68. The van der Waals surface area contributed by atoms with Gasteiger partial charge in [-0.15, -0.1) is 24.0 Å². The minimum absolute atomic E-state index is 0. The number of methoxy groups -OCH3 is 1. The molecule has 1 aliphatic heterocycles. The van der Waals surface area contributed by atoms with Crippen LogP contribution in [0.3, 0.4) is 0 Å². The monoisotopic (exact) mass is 548 g/mol. The van der Waals surface area contributed by atoms with Crippen LogP contribution in [0.15, 0.2) is 23.2 Å². The number of nitrogens with one attached hydrogen (secondary N) is 2. The van der Waals surface area contributed by atoms with E-state index in [9.17, 15) is 0 Å². The number of piperidine rings is 1. The summed E-state index contributed by atoms with van der Waals surface area (Å²) < 4.78 is 16.7. The molecule has 7 nitrogen and oxygen atoms in total. The van der Waals surface area contributed by atoms with Gasteiger partial charge in [-0.05, 0) is 58.2 Å². The molecule has 0 atom stereocenters. The number of hydrogen-bond acceptors (Lipinski definition) is 5. The fraction of sp³-hybridized carbons (Fsp3) is 0.696. The first-order valence-electron chi connectivity index (χ1n) is 11.2. The summed E-state index contributed by atoms with van der Waals surface area (Å²) in [6, 6.07) is 6.42. The molecule has 2 N–H and O–H groups in total. The van der Waals surface area contributed by atoms with E-state index in [0.29, 0.717) is 25.3 Å². The topological polar surface area (TPSA) is 67.4 Å². The largest absolute Gasteiger partial charge is 0.493 e. The van der Waals surface area contributed by atoms with Crippen molar-refractivity contribution in [3.8, 4) is 11.5 Å². The van der Waals surface area contributed by atoms with E-state index < -0.39 is 0 Å². The molecule has 0 radical (unpaired) electrons. The van der Waals surface area contributed by atoms with Gasteiger partial charge in [0.15, 0.2) is 17.5 Å². The highest BCUT2D eigenvalue weighted by Gasteiger charge is 2.19. The lowest BCUT2D eigenvalue weighted by Gasteiger charge is -2.33. The number of nitrogens with zero attached hydrogens (tertiary/aromatic N) is 2. The normalized spacial score (nSPS) is 15.5. The van der Waals surface area contributed by atoms with Crippen LogP contribution in [-0.2, 0) is 11.3 Å². The Labute approximate surface area is 205 Å². The molecule has 0 aliphatic carbocycles. The molecule has 0 aromatic heterocycles. The molecule has 31 heavy (non-hydrogen) atoms. The van der Waals surface area contributed by atoms with Crippen LogP contribution in [0, 0.1) is 0 Å². The summed E-state index contributed by atoms with van der Waals surface area (Å²) in [7, 11) is 1.66. The molecule has 1 aromatic carbocycles. The van der Waals surface area contributed by atoms with Crippen molar-refractivity contribution in [3.05, 3.63) is 23.8 Å². The van der Waals surface area contributed by atoms with E-state index in [1.54, 1.807) is 7.11 Å². The van der Waals surface area contributed by atoms with Crippen LogP contribution in [0.1, 0.15) is 46.1 Å². The summed E-state index contributed by atoms with van der Waals surface area (Å²) in [6.07, 6.45) is 2.53. The molecule has 1 aromatic rings. The number of guanidine groups is 1. The number of aliphatic imine (C=N–C) groups is 1. The first-order chi connectivity index (χ1) is 14.5. The van der Waals surface area contributed by atoms with Crippen molar-refractivity contribution in [1.29, 1.82) is 0 Å². The van der Waals surface area contributed by atoms with Crippen molar-refractivity contribution in [3.63, 3.8) is 0 Å². The van der Waals surface area contributed by atoms with Crippen molar-refractivity contribution in [1.82, 2.24) is 15.5 Å². The van der Waals surface area contributed by atoms with Gasteiger partial charge in [-0.2, -0.15) is 0 Å². The van der Waals surface area contributed by atoms with E-state index in [2.05, 4.69) is 36.3 Å². The molecule has 1 aliphatic rings. The highest BCUT2D eigenvalue weighted by Crippen LogP contribution is 2.28. The zero-order valence-electron chi connectivity index (χ0n) is 19.8. The van der Waals surface area contributed by atoms with Gasteiger partial charge in [-0.25, -0.2) is 4.99 Å². The molecular formula is C23H41IN4O3. The molecular weight excluding hydrogens is 507 g/mol. The van der Waals surface area contributed by atoms with Crippen LogP contribution >= 0.6 is 24.0 Å². The first-order valence-corrected chi connectivity index (χ1v) is 11.2. The molecule has 0 spiro atoms. The summed E-state index contributed by atoms with van der Waals surface area (Å²) in [4.78, 5) is 7.27. The standard InChI is InChI=1S/C23H40N4O3.HI/c1-6-24-23(25-17-19-8-9-21(28-5)22(16-19)29-7-2)26-20-10-12-27(13-11-20)14-15-30-18(3)4;/h8-9,16,18,20H,6-7,10-15,17H2,1-5H3,(H2,24,25,26);1H. The van der Waals surface area contributed by atoms with Gasteiger partial charge in [-0.1, -0.05) is 6.07 Å². The second kappa shape index (κ2) is 15.5. The van der Waals surface area contributed by atoms with Crippen molar-refractivity contribution < 1.29 is 14.2 Å². The average Bonchev–Trinajstić information content (AvgIpc) is 2.73. The third-order valence-corrected chi connectivity index (χ3v) is 5.08. The lowest BCUT2D eigenvalue weighted by molar-refractivity contribution is 0.0532. The van der Waals surface area contributed by atoms with Gasteiger partial charge >= 0.3 is 0 Å². The van der Waals surface area contributed by atoms with Crippen molar-refractivity contribution >= 4 is 29.9 Å². The Hall–Kier alpha value is -1.26. The Morgan fingerprint density at radius 1 is 1.19 bits per heavy atom. The van der Waals surface area contributed by atoms with Gasteiger partial charge in [-0.3, -0.25) is 0 Å².